The summed E-state index contributed by atoms with van der Waals surface area (Å²) in [4.78, 5) is 46.9. The van der Waals surface area contributed by atoms with E-state index in [-0.39, 0.29) is 30.9 Å². The third-order valence-electron chi connectivity index (χ3n) is 7.62. The van der Waals surface area contributed by atoms with E-state index in [0.717, 1.165) is 70.6 Å². The molecule has 0 fully saturated rings. The maximum atomic E-state index is 12.4. The van der Waals surface area contributed by atoms with E-state index in [1.54, 1.807) is 0 Å². The van der Waals surface area contributed by atoms with E-state index in [9.17, 15) is 19.2 Å². The van der Waals surface area contributed by atoms with Crippen LogP contribution in [0.2, 0.25) is 0 Å². The van der Waals surface area contributed by atoms with E-state index >= 15 is 0 Å². The summed E-state index contributed by atoms with van der Waals surface area (Å²) < 4.78 is 5.74. The zero-order chi connectivity index (χ0) is 34.1. The summed E-state index contributed by atoms with van der Waals surface area (Å²) in [6.07, 6.45) is 34.0. The van der Waals surface area contributed by atoms with E-state index in [1.165, 1.54) is 44.9 Å². The van der Waals surface area contributed by atoms with Crippen molar-refractivity contribution in [2.75, 3.05) is 13.2 Å². The predicted octanol–water partition coefficient (Wildman–Crippen LogP) is 7.48. The minimum atomic E-state index is -1.39. The quantitative estimate of drug-likeness (QED) is 0.0347. The molecule has 0 spiro atoms. The van der Waals surface area contributed by atoms with Gasteiger partial charge in [0.1, 0.15) is 12.1 Å². The molecule has 9 heteroatoms. The Morgan fingerprint density at radius 2 is 1.22 bits per heavy atom. The largest absolute Gasteiger partial charge is 0.480 e. The van der Waals surface area contributed by atoms with Crippen molar-refractivity contribution in [1.29, 1.82) is 0 Å². The number of carboxylic acid groups (broad SMARTS) is 1. The zero-order valence-corrected chi connectivity index (χ0v) is 28.8. The summed E-state index contributed by atoms with van der Waals surface area (Å²) in [6, 6.07) is -1.39. The second-order valence-electron chi connectivity index (χ2n) is 12.0. The first kappa shape index (κ1) is 43.1. The van der Waals surface area contributed by atoms with Crippen LogP contribution < -0.4 is 10.6 Å². The second-order valence-corrected chi connectivity index (χ2v) is 12.0. The fraction of sp³-hybridized carbons (Fsp3) is 0.730. The smallest absolute Gasteiger partial charge is 0.328 e. The average Bonchev–Trinajstić information content (AvgIpc) is 3.03. The topological polar surface area (TPSA) is 142 Å². The van der Waals surface area contributed by atoms with Crippen molar-refractivity contribution in [3.63, 3.8) is 0 Å². The monoisotopic (exact) mass is 648 g/mol. The van der Waals surface area contributed by atoms with E-state index < -0.39 is 24.5 Å². The van der Waals surface area contributed by atoms with Gasteiger partial charge in [0.05, 0.1) is 13.2 Å². The van der Waals surface area contributed by atoms with E-state index in [2.05, 4.69) is 60.9 Å². The number of carbonyl (C=O) groups excluding carboxylic acids is 3. The van der Waals surface area contributed by atoms with Gasteiger partial charge in [0, 0.05) is 12.8 Å². The SMILES string of the molecule is CCCCC/C=C\C/C=C\C/C=C\CCCCCCCCC(=O)OC(CCC)CCCCCC(=O)NCC(=O)NC(CO)C(=O)O. The minimum absolute atomic E-state index is 0.0931. The van der Waals surface area contributed by atoms with Crippen LogP contribution in [0, 0.1) is 0 Å². The van der Waals surface area contributed by atoms with Gasteiger partial charge in [-0.25, -0.2) is 4.79 Å². The van der Waals surface area contributed by atoms with Crippen LogP contribution in [-0.2, 0) is 23.9 Å². The molecule has 0 heterocycles. The second kappa shape index (κ2) is 32.0. The molecule has 2 amide bonds. The fourth-order valence-corrected chi connectivity index (χ4v) is 4.89. The summed E-state index contributed by atoms with van der Waals surface area (Å²) >= 11 is 0. The lowest BCUT2D eigenvalue weighted by Crippen LogP contribution is -2.47. The highest BCUT2D eigenvalue weighted by atomic mass is 16.5. The number of carboxylic acids is 1. The van der Waals surface area contributed by atoms with Gasteiger partial charge in [-0.2, -0.15) is 0 Å². The molecule has 46 heavy (non-hydrogen) atoms. The van der Waals surface area contributed by atoms with Gasteiger partial charge in [0.15, 0.2) is 0 Å². The Morgan fingerprint density at radius 1 is 0.652 bits per heavy atom. The standard InChI is InChI=1S/C37H64N2O7/c1-3-5-6-7-8-9-10-11-12-13-14-15-16-17-18-19-20-21-25-29-36(43)46-32(26-4-2)27-23-22-24-28-34(41)38-30-35(42)39-33(31-40)37(44)45/h8-9,11-12,14-15,32-33,40H,3-7,10,13,16-31H2,1-2H3,(H,38,41)(H,39,42)(H,44,45)/b9-8-,12-11-,15-14-. The molecule has 264 valence electrons. The van der Waals surface area contributed by atoms with Crippen molar-refractivity contribution in [2.24, 2.45) is 0 Å². The Morgan fingerprint density at radius 3 is 1.83 bits per heavy atom. The predicted molar refractivity (Wildman–Crippen MR) is 185 cm³/mol. The minimum Gasteiger partial charge on any atom is -0.480 e. The van der Waals surface area contributed by atoms with Gasteiger partial charge in [-0.3, -0.25) is 14.4 Å². The van der Waals surface area contributed by atoms with Gasteiger partial charge in [-0.1, -0.05) is 102 Å². The lowest BCUT2D eigenvalue weighted by atomic mass is 10.0. The molecule has 4 N–H and O–H groups in total. The molecular weight excluding hydrogens is 584 g/mol. The zero-order valence-electron chi connectivity index (χ0n) is 28.8. The molecule has 2 unspecified atom stereocenters. The van der Waals surface area contributed by atoms with Gasteiger partial charge >= 0.3 is 11.9 Å². The number of aliphatic hydroxyl groups is 1. The van der Waals surface area contributed by atoms with Crippen molar-refractivity contribution in [2.45, 2.75) is 161 Å². The van der Waals surface area contributed by atoms with Crippen LogP contribution in [0.3, 0.4) is 0 Å². The van der Waals surface area contributed by atoms with Crippen molar-refractivity contribution in [3.8, 4) is 0 Å². The molecule has 0 rings (SSSR count). The van der Waals surface area contributed by atoms with Crippen LogP contribution in [-0.4, -0.2) is 59.3 Å². The van der Waals surface area contributed by atoms with Crippen LogP contribution in [0.15, 0.2) is 36.5 Å². The first-order valence-electron chi connectivity index (χ1n) is 17.9. The number of amides is 2. The summed E-state index contributed by atoms with van der Waals surface area (Å²) in [5.41, 5.74) is 0. The molecule has 2 atom stereocenters. The molecule has 0 bridgehead atoms. The number of hydrogen-bond acceptors (Lipinski definition) is 6. The Kier molecular flexibility index (Phi) is 30.0. The lowest BCUT2D eigenvalue weighted by molar-refractivity contribution is -0.150. The first-order valence-corrected chi connectivity index (χ1v) is 17.9. The van der Waals surface area contributed by atoms with Crippen LogP contribution in [0.25, 0.3) is 0 Å². The number of hydrogen-bond donors (Lipinski definition) is 4. The number of unbranched alkanes of at least 4 members (excludes halogenated alkanes) is 11. The van der Waals surface area contributed by atoms with Crippen molar-refractivity contribution in [3.05, 3.63) is 36.5 Å². The summed E-state index contributed by atoms with van der Waals surface area (Å²) in [5.74, 6) is -2.43. The molecule has 0 saturated carbocycles. The van der Waals surface area contributed by atoms with Crippen molar-refractivity contribution in [1.82, 2.24) is 10.6 Å². The number of rotatable bonds is 31. The normalized spacial score (nSPS) is 12.9. The molecule has 0 aromatic carbocycles. The molecule has 0 aromatic rings. The molecule has 0 saturated heterocycles. The molecular formula is C37H64N2O7. The van der Waals surface area contributed by atoms with Gasteiger partial charge in [-0.15, -0.1) is 0 Å². The number of carbonyl (C=O) groups is 4. The number of allylic oxidation sites excluding steroid dienone is 6. The highest BCUT2D eigenvalue weighted by molar-refractivity contribution is 5.87. The third-order valence-corrected chi connectivity index (χ3v) is 7.62. The number of esters is 1. The molecule has 0 aliphatic heterocycles. The Balaban J connectivity index is 3.81. The summed E-state index contributed by atoms with van der Waals surface area (Å²) in [5, 5.41) is 22.4. The van der Waals surface area contributed by atoms with Gasteiger partial charge < -0.3 is 25.6 Å². The average molecular weight is 649 g/mol. The van der Waals surface area contributed by atoms with E-state index in [4.69, 9.17) is 14.9 Å². The van der Waals surface area contributed by atoms with E-state index in [0.29, 0.717) is 12.8 Å². The summed E-state index contributed by atoms with van der Waals surface area (Å²) in [7, 11) is 0. The van der Waals surface area contributed by atoms with Crippen molar-refractivity contribution >= 4 is 23.8 Å². The number of nitrogens with one attached hydrogen (secondary N) is 2. The molecule has 0 aromatic heterocycles. The first-order chi connectivity index (χ1) is 22.3. The molecule has 9 nitrogen and oxygen atoms in total. The third kappa shape index (κ3) is 28.5. The van der Waals surface area contributed by atoms with Gasteiger partial charge in [-0.05, 0) is 70.6 Å². The molecule has 0 radical (unpaired) electrons. The van der Waals surface area contributed by atoms with Crippen molar-refractivity contribution < 1.29 is 34.1 Å². The number of aliphatic hydroxyl groups excluding tert-OH is 1. The van der Waals surface area contributed by atoms with Gasteiger partial charge in [0.25, 0.3) is 0 Å². The summed E-state index contributed by atoms with van der Waals surface area (Å²) in [6.45, 7) is 3.24. The van der Waals surface area contributed by atoms with Crippen LogP contribution >= 0.6 is 0 Å². The maximum Gasteiger partial charge on any atom is 0.328 e. The van der Waals surface area contributed by atoms with E-state index in [1.807, 2.05) is 0 Å². The number of ether oxygens (including phenoxy) is 1. The molecule has 0 aliphatic rings. The Bertz CT molecular complexity index is 885. The highest BCUT2D eigenvalue weighted by Crippen LogP contribution is 2.15. The maximum absolute atomic E-state index is 12.4. The van der Waals surface area contributed by atoms with Crippen LogP contribution in [0.1, 0.15) is 149 Å². The van der Waals surface area contributed by atoms with Crippen LogP contribution in [0.4, 0.5) is 0 Å². The highest BCUT2D eigenvalue weighted by Gasteiger charge is 2.19. The fourth-order valence-electron chi connectivity index (χ4n) is 4.89. The number of aliphatic carboxylic acids is 1. The van der Waals surface area contributed by atoms with Gasteiger partial charge in [0.2, 0.25) is 11.8 Å². The van der Waals surface area contributed by atoms with Crippen LogP contribution in [0.5, 0.6) is 0 Å². The Hall–Kier alpha value is -2.94. The Labute approximate surface area is 278 Å². The lowest BCUT2D eigenvalue weighted by Gasteiger charge is -2.17. The molecule has 0 aliphatic carbocycles.